The van der Waals surface area contributed by atoms with Crippen LogP contribution in [0.5, 0.6) is 17.2 Å². The van der Waals surface area contributed by atoms with Crippen molar-refractivity contribution in [3.05, 3.63) is 53.4 Å². The molecule has 1 amide bonds. The largest absolute Gasteiger partial charge is 0.496 e. The van der Waals surface area contributed by atoms with Gasteiger partial charge in [0.1, 0.15) is 11.6 Å². The van der Waals surface area contributed by atoms with E-state index in [2.05, 4.69) is 5.32 Å². The number of benzene rings is 2. The number of nitrogens with one attached hydrogen (secondary N) is 1. The van der Waals surface area contributed by atoms with Crippen molar-refractivity contribution in [2.24, 2.45) is 0 Å². The molecule has 0 heterocycles. The molecule has 0 aliphatic heterocycles. The van der Waals surface area contributed by atoms with Gasteiger partial charge in [0.15, 0.2) is 11.5 Å². The molecule has 0 atom stereocenters. The van der Waals surface area contributed by atoms with Crippen LogP contribution in [0.4, 0.5) is 10.1 Å². The maximum absolute atomic E-state index is 13.8. The zero-order valence-corrected chi connectivity index (χ0v) is 14.6. The number of carbonyl (C=O) groups excluding carboxylic acids is 1. The molecule has 0 aliphatic rings. The third kappa shape index (κ3) is 4.50. The van der Waals surface area contributed by atoms with E-state index in [0.717, 1.165) is 5.56 Å². The van der Waals surface area contributed by atoms with Crippen molar-refractivity contribution in [2.45, 2.75) is 6.92 Å². The summed E-state index contributed by atoms with van der Waals surface area (Å²) < 4.78 is 29.5. The van der Waals surface area contributed by atoms with Crippen LogP contribution < -0.4 is 19.5 Å². The predicted molar refractivity (Wildman–Crippen MR) is 94.9 cm³/mol. The standard InChI is InChI=1S/C19H20FNO4/c1-12-5-7-15(14(20)9-12)21-19(22)8-6-13-10-17(24-3)18(25-4)11-16(13)23-2/h5-11H,1-4H3,(H,21,22)/b8-6+. The molecular formula is C19H20FNO4. The highest BCUT2D eigenvalue weighted by atomic mass is 19.1. The molecule has 0 saturated heterocycles. The predicted octanol–water partition coefficient (Wildman–Crippen LogP) is 3.81. The van der Waals surface area contributed by atoms with E-state index in [1.807, 2.05) is 0 Å². The van der Waals surface area contributed by atoms with Gasteiger partial charge in [0.2, 0.25) is 5.91 Å². The first-order chi connectivity index (χ1) is 12.0. The molecule has 2 rings (SSSR count). The van der Waals surface area contributed by atoms with Crippen molar-refractivity contribution in [3.63, 3.8) is 0 Å². The van der Waals surface area contributed by atoms with Gasteiger partial charge in [0.25, 0.3) is 0 Å². The molecule has 0 unspecified atom stereocenters. The fourth-order valence-electron chi connectivity index (χ4n) is 2.24. The van der Waals surface area contributed by atoms with Crippen LogP contribution in [0, 0.1) is 12.7 Å². The summed E-state index contributed by atoms with van der Waals surface area (Å²) in [5.41, 5.74) is 1.53. The van der Waals surface area contributed by atoms with Crippen molar-refractivity contribution in [1.82, 2.24) is 0 Å². The summed E-state index contributed by atoms with van der Waals surface area (Å²) in [5.74, 6) is 0.601. The summed E-state index contributed by atoms with van der Waals surface area (Å²) in [6, 6.07) is 7.95. The first kappa shape index (κ1) is 18.3. The number of hydrogen-bond acceptors (Lipinski definition) is 4. The SMILES string of the molecule is COc1cc(OC)c(OC)cc1/C=C/C(=O)Nc1ccc(C)cc1F. The minimum atomic E-state index is -0.481. The number of rotatable bonds is 6. The lowest BCUT2D eigenvalue weighted by Crippen LogP contribution is -2.09. The lowest BCUT2D eigenvalue weighted by atomic mass is 10.1. The normalized spacial score (nSPS) is 10.6. The van der Waals surface area contributed by atoms with Crippen molar-refractivity contribution in [3.8, 4) is 17.2 Å². The molecule has 0 aromatic heterocycles. The van der Waals surface area contributed by atoms with Gasteiger partial charge in [-0.2, -0.15) is 0 Å². The van der Waals surface area contributed by atoms with Crippen LogP contribution in [-0.2, 0) is 4.79 Å². The summed E-state index contributed by atoms with van der Waals surface area (Å²) in [7, 11) is 4.56. The van der Waals surface area contributed by atoms with E-state index in [0.29, 0.717) is 22.8 Å². The van der Waals surface area contributed by atoms with Crippen LogP contribution in [0.1, 0.15) is 11.1 Å². The fraction of sp³-hybridized carbons (Fsp3) is 0.211. The van der Waals surface area contributed by atoms with Crippen LogP contribution in [0.3, 0.4) is 0 Å². The second-order valence-electron chi connectivity index (χ2n) is 5.26. The highest BCUT2D eigenvalue weighted by Gasteiger charge is 2.11. The molecule has 25 heavy (non-hydrogen) atoms. The van der Waals surface area contributed by atoms with Crippen LogP contribution in [0.15, 0.2) is 36.4 Å². The van der Waals surface area contributed by atoms with Crippen LogP contribution in [0.25, 0.3) is 6.08 Å². The van der Waals surface area contributed by atoms with Gasteiger partial charge in [-0.3, -0.25) is 4.79 Å². The second kappa shape index (κ2) is 8.19. The van der Waals surface area contributed by atoms with E-state index in [1.165, 1.54) is 39.5 Å². The number of hydrogen-bond donors (Lipinski definition) is 1. The maximum Gasteiger partial charge on any atom is 0.248 e. The van der Waals surface area contributed by atoms with Crippen LogP contribution in [-0.4, -0.2) is 27.2 Å². The number of amides is 1. The third-order valence-corrected chi connectivity index (χ3v) is 3.53. The topological polar surface area (TPSA) is 56.8 Å². The third-order valence-electron chi connectivity index (χ3n) is 3.53. The van der Waals surface area contributed by atoms with E-state index in [4.69, 9.17) is 14.2 Å². The Morgan fingerprint density at radius 3 is 2.24 bits per heavy atom. The van der Waals surface area contributed by atoms with Gasteiger partial charge < -0.3 is 19.5 Å². The van der Waals surface area contributed by atoms with Gasteiger partial charge >= 0.3 is 0 Å². The molecule has 0 radical (unpaired) electrons. The Labute approximate surface area is 146 Å². The molecule has 0 saturated carbocycles. The maximum atomic E-state index is 13.8. The molecular weight excluding hydrogens is 325 g/mol. The Kier molecular flexibility index (Phi) is 6.00. The molecule has 1 N–H and O–H groups in total. The highest BCUT2D eigenvalue weighted by Crippen LogP contribution is 2.35. The van der Waals surface area contributed by atoms with E-state index >= 15 is 0 Å². The van der Waals surface area contributed by atoms with Crippen molar-refractivity contribution in [2.75, 3.05) is 26.6 Å². The minimum Gasteiger partial charge on any atom is -0.496 e. The number of methoxy groups -OCH3 is 3. The molecule has 2 aromatic rings. The lowest BCUT2D eigenvalue weighted by Gasteiger charge is -2.12. The summed E-state index contributed by atoms with van der Waals surface area (Å²) in [6.07, 6.45) is 2.85. The average Bonchev–Trinajstić information content (AvgIpc) is 2.61. The number of anilines is 1. The molecule has 0 spiro atoms. The van der Waals surface area contributed by atoms with Crippen molar-refractivity contribution in [1.29, 1.82) is 0 Å². The Morgan fingerprint density at radius 1 is 1.00 bits per heavy atom. The lowest BCUT2D eigenvalue weighted by molar-refractivity contribution is -0.111. The monoisotopic (exact) mass is 345 g/mol. The Morgan fingerprint density at radius 2 is 1.64 bits per heavy atom. The Balaban J connectivity index is 2.21. The van der Waals surface area contributed by atoms with Crippen LogP contribution >= 0.6 is 0 Å². The molecule has 2 aromatic carbocycles. The summed E-state index contributed by atoms with van der Waals surface area (Å²) in [5, 5.41) is 2.50. The van der Waals surface area contributed by atoms with Crippen LogP contribution in [0.2, 0.25) is 0 Å². The molecule has 0 fully saturated rings. The molecule has 6 heteroatoms. The van der Waals surface area contributed by atoms with E-state index in [-0.39, 0.29) is 5.69 Å². The van der Waals surface area contributed by atoms with Crippen molar-refractivity contribution < 1.29 is 23.4 Å². The van der Waals surface area contributed by atoms with E-state index in [1.54, 1.807) is 31.2 Å². The summed E-state index contributed by atoms with van der Waals surface area (Å²) >= 11 is 0. The molecule has 0 bridgehead atoms. The average molecular weight is 345 g/mol. The number of ether oxygens (including phenoxy) is 3. The van der Waals surface area contributed by atoms with E-state index < -0.39 is 11.7 Å². The first-order valence-electron chi connectivity index (χ1n) is 7.53. The minimum absolute atomic E-state index is 0.125. The van der Waals surface area contributed by atoms with Gasteiger partial charge in [-0.25, -0.2) is 4.39 Å². The van der Waals surface area contributed by atoms with E-state index in [9.17, 15) is 9.18 Å². The number of aryl methyl sites for hydroxylation is 1. The Bertz CT molecular complexity index is 802. The smallest absolute Gasteiger partial charge is 0.248 e. The zero-order chi connectivity index (χ0) is 18.4. The number of carbonyl (C=O) groups is 1. The summed E-state index contributed by atoms with van der Waals surface area (Å²) in [6.45, 7) is 1.78. The van der Waals surface area contributed by atoms with Crippen molar-refractivity contribution >= 4 is 17.7 Å². The fourth-order valence-corrected chi connectivity index (χ4v) is 2.24. The number of halogens is 1. The molecule has 0 aliphatic carbocycles. The van der Waals surface area contributed by atoms with Gasteiger partial charge in [-0.1, -0.05) is 6.07 Å². The molecule has 5 nitrogen and oxygen atoms in total. The van der Waals surface area contributed by atoms with Gasteiger partial charge in [-0.15, -0.1) is 0 Å². The second-order valence-corrected chi connectivity index (χ2v) is 5.26. The first-order valence-corrected chi connectivity index (χ1v) is 7.53. The van der Waals surface area contributed by atoms with Gasteiger partial charge in [-0.05, 0) is 36.8 Å². The molecule has 132 valence electrons. The Hall–Kier alpha value is -3.02. The highest BCUT2D eigenvalue weighted by molar-refractivity contribution is 6.02. The van der Waals surface area contributed by atoms with Gasteiger partial charge in [0, 0.05) is 17.7 Å². The zero-order valence-electron chi connectivity index (χ0n) is 14.6. The quantitative estimate of drug-likeness (QED) is 0.809. The van der Waals surface area contributed by atoms with Gasteiger partial charge in [0.05, 0.1) is 27.0 Å². The summed E-state index contributed by atoms with van der Waals surface area (Å²) in [4.78, 5) is 12.0.